The first-order valence-corrected chi connectivity index (χ1v) is 11.5. The highest BCUT2D eigenvalue weighted by Gasteiger charge is 2.42. The number of hydrogen-bond donors (Lipinski definition) is 1. The standard InChI is InChI=1S/C27H30F2N2O4/c1-6-27(7-2,8-3)35-26(34)30-23(18-11-9-16(4)10-12-18)22-17(5)24(32)31(25(22)33)21-14-19(28)13-20(29)15-21/h9-15,23H,6-8H2,1-5H3,(H,30,34)/t23-/m1/s1/i5D. The summed E-state index contributed by atoms with van der Waals surface area (Å²) in [7, 11) is 0. The number of ether oxygens (including phenoxy) is 1. The highest BCUT2D eigenvalue weighted by molar-refractivity contribution is 6.33. The van der Waals surface area contributed by atoms with Gasteiger partial charge in [-0.25, -0.2) is 18.5 Å². The second-order valence-electron chi connectivity index (χ2n) is 8.59. The van der Waals surface area contributed by atoms with E-state index in [9.17, 15) is 23.2 Å². The van der Waals surface area contributed by atoms with Crippen molar-refractivity contribution in [1.29, 1.82) is 0 Å². The van der Waals surface area contributed by atoms with Gasteiger partial charge in [0.05, 0.1) is 17.3 Å². The van der Waals surface area contributed by atoms with Crippen LogP contribution in [0, 0.1) is 18.6 Å². The monoisotopic (exact) mass is 485 g/mol. The van der Waals surface area contributed by atoms with E-state index in [4.69, 9.17) is 6.11 Å². The molecule has 1 atom stereocenters. The van der Waals surface area contributed by atoms with Gasteiger partial charge in [-0.2, -0.15) is 0 Å². The average molecular weight is 486 g/mol. The Morgan fingerprint density at radius 2 is 1.60 bits per heavy atom. The predicted molar refractivity (Wildman–Crippen MR) is 129 cm³/mol. The van der Waals surface area contributed by atoms with Crippen LogP contribution < -0.4 is 10.2 Å². The fraction of sp³-hybridized carbons (Fsp3) is 0.370. The van der Waals surface area contributed by atoms with Gasteiger partial charge in [0.15, 0.2) is 0 Å². The Bertz CT molecular complexity index is 1160. The smallest absolute Gasteiger partial charge is 0.408 e. The first kappa shape index (κ1) is 24.6. The molecule has 1 N–H and O–H groups in total. The third-order valence-electron chi connectivity index (χ3n) is 6.53. The van der Waals surface area contributed by atoms with Crippen LogP contribution in [0.3, 0.4) is 0 Å². The minimum Gasteiger partial charge on any atom is -0.443 e. The van der Waals surface area contributed by atoms with Gasteiger partial charge in [-0.05, 0) is 50.8 Å². The first-order valence-electron chi connectivity index (χ1n) is 12.2. The zero-order valence-corrected chi connectivity index (χ0v) is 20.3. The summed E-state index contributed by atoms with van der Waals surface area (Å²) in [6.45, 7) is 7.03. The van der Waals surface area contributed by atoms with E-state index in [0.29, 0.717) is 35.8 Å². The minimum absolute atomic E-state index is 0.143. The summed E-state index contributed by atoms with van der Waals surface area (Å²) < 4.78 is 41.5. The molecule has 6 nitrogen and oxygen atoms in total. The van der Waals surface area contributed by atoms with Crippen LogP contribution >= 0.6 is 0 Å². The molecular formula is C27H30F2N2O4. The summed E-state index contributed by atoms with van der Waals surface area (Å²) in [5, 5.41) is 2.71. The second-order valence-corrected chi connectivity index (χ2v) is 8.59. The van der Waals surface area contributed by atoms with Crippen molar-refractivity contribution in [2.24, 2.45) is 0 Å². The number of nitrogens with one attached hydrogen (secondary N) is 1. The van der Waals surface area contributed by atoms with Crippen LogP contribution in [0.25, 0.3) is 0 Å². The maximum absolute atomic E-state index is 13.9. The van der Waals surface area contributed by atoms with Gasteiger partial charge in [0.2, 0.25) is 0 Å². The number of anilines is 1. The van der Waals surface area contributed by atoms with E-state index in [1.165, 1.54) is 0 Å². The number of nitrogens with zero attached hydrogens (tertiary/aromatic N) is 1. The van der Waals surface area contributed by atoms with Crippen molar-refractivity contribution in [3.05, 3.63) is 76.4 Å². The molecule has 0 radical (unpaired) electrons. The molecule has 186 valence electrons. The zero-order chi connectivity index (χ0) is 26.6. The lowest BCUT2D eigenvalue weighted by Crippen LogP contribution is -2.41. The number of hydrogen-bond acceptors (Lipinski definition) is 4. The minimum atomic E-state index is -1.12. The summed E-state index contributed by atoms with van der Waals surface area (Å²) >= 11 is 0. The number of aryl methyl sites for hydroxylation is 1. The van der Waals surface area contributed by atoms with Crippen LogP contribution in [-0.4, -0.2) is 23.5 Å². The predicted octanol–water partition coefficient (Wildman–Crippen LogP) is 5.90. The van der Waals surface area contributed by atoms with Crippen molar-refractivity contribution in [2.45, 2.75) is 65.5 Å². The summed E-state index contributed by atoms with van der Waals surface area (Å²) in [6, 6.07) is 8.20. The van der Waals surface area contributed by atoms with Gasteiger partial charge in [-0.1, -0.05) is 50.6 Å². The van der Waals surface area contributed by atoms with Crippen LogP contribution in [0.1, 0.15) is 65.5 Å². The van der Waals surface area contributed by atoms with Gasteiger partial charge >= 0.3 is 6.09 Å². The number of amides is 3. The highest BCUT2D eigenvalue weighted by atomic mass is 19.1. The van der Waals surface area contributed by atoms with Gasteiger partial charge in [-0.3, -0.25) is 9.59 Å². The quantitative estimate of drug-likeness (QED) is 0.473. The number of alkyl carbamates (subject to hydrolysis) is 1. The highest BCUT2D eigenvalue weighted by Crippen LogP contribution is 2.36. The van der Waals surface area contributed by atoms with E-state index in [0.717, 1.165) is 17.7 Å². The number of carbonyl (C=O) groups excluding carboxylic acids is 3. The van der Waals surface area contributed by atoms with E-state index in [1.807, 2.05) is 27.7 Å². The van der Waals surface area contributed by atoms with E-state index < -0.39 is 48.1 Å². The molecule has 0 fully saturated rings. The van der Waals surface area contributed by atoms with Crippen LogP contribution in [0.15, 0.2) is 53.6 Å². The van der Waals surface area contributed by atoms with E-state index in [1.54, 1.807) is 24.3 Å². The van der Waals surface area contributed by atoms with Crippen molar-refractivity contribution in [3.8, 4) is 0 Å². The number of carbonyl (C=O) groups is 3. The molecule has 2 aromatic carbocycles. The molecule has 0 aromatic heterocycles. The lowest BCUT2D eigenvalue weighted by molar-refractivity contribution is -0.120. The Labute approximate surface area is 205 Å². The lowest BCUT2D eigenvalue weighted by Gasteiger charge is -2.31. The normalized spacial score (nSPS) is 15.4. The maximum Gasteiger partial charge on any atom is 0.408 e. The fourth-order valence-electron chi connectivity index (χ4n) is 4.18. The molecule has 0 unspecified atom stereocenters. The topological polar surface area (TPSA) is 75.7 Å². The molecular weight excluding hydrogens is 454 g/mol. The van der Waals surface area contributed by atoms with Crippen LogP contribution in [0.4, 0.5) is 19.3 Å². The summed E-state index contributed by atoms with van der Waals surface area (Å²) in [5.41, 5.74) is 0.105. The Balaban J connectivity index is 2.07. The molecule has 3 rings (SSSR count). The third kappa shape index (κ3) is 5.26. The zero-order valence-electron chi connectivity index (χ0n) is 21.3. The Hall–Kier alpha value is -3.55. The Morgan fingerprint density at radius 1 is 1.03 bits per heavy atom. The SMILES string of the molecule is [2H]CC1=C([C@H](NC(=O)OC(CC)(CC)CC)c2ccc(C)cc2)C(=O)N(c2cc(F)cc(F)c2)C1=O. The fourth-order valence-corrected chi connectivity index (χ4v) is 4.18. The van der Waals surface area contributed by atoms with Crippen LogP contribution in [-0.2, 0) is 14.3 Å². The van der Waals surface area contributed by atoms with Gasteiger partial charge < -0.3 is 10.1 Å². The molecule has 1 aliphatic rings. The molecule has 1 aliphatic heterocycles. The van der Waals surface area contributed by atoms with Crippen molar-refractivity contribution >= 4 is 23.6 Å². The molecule has 0 saturated heterocycles. The van der Waals surface area contributed by atoms with E-state index in [-0.39, 0.29) is 16.8 Å². The molecule has 1 heterocycles. The van der Waals surface area contributed by atoms with Gasteiger partial charge in [0, 0.05) is 13.0 Å². The third-order valence-corrected chi connectivity index (χ3v) is 6.53. The molecule has 8 heteroatoms. The first-order chi connectivity index (χ1) is 17.1. The van der Waals surface area contributed by atoms with E-state index >= 15 is 0 Å². The molecule has 0 spiro atoms. The number of halogens is 2. The molecule has 35 heavy (non-hydrogen) atoms. The van der Waals surface area contributed by atoms with E-state index in [2.05, 4.69) is 5.32 Å². The second kappa shape index (κ2) is 10.4. The lowest BCUT2D eigenvalue weighted by atomic mass is 9.94. The summed E-state index contributed by atoms with van der Waals surface area (Å²) in [5.74, 6) is -3.66. The maximum atomic E-state index is 13.9. The number of rotatable bonds is 8. The molecule has 0 aliphatic carbocycles. The molecule has 0 bridgehead atoms. The summed E-state index contributed by atoms with van der Waals surface area (Å²) in [4.78, 5) is 40.4. The van der Waals surface area contributed by atoms with Crippen molar-refractivity contribution < 1.29 is 29.3 Å². The number of benzene rings is 2. The Kier molecular flexibility index (Phi) is 7.28. The molecule has 0 saturated carbocycles. The van der Waals surface area contributed by atoms with Gasteiger partial charge in [0.25, 0.3) is 11.8 Å². The molecule has 3 amide bonds. The number of imide groups is 1. The molecule has 2 aromatic rings. The average Bonchev–Trinajstić information content (AvgIpc) is 3.10. The Morgan fingerprint density at radius 3 is 2.11 bits per heavy atom. The van der Waals surface area contributed by atoms with Crippen molar-refractivity contribution in [2.75, 3.05) is 4.90 Å². The summed E-state index contributed by atoms with van der Waals surface area (Å²) in [6.07, 6.45) is 0.970. The largest absolute Gasteiger partial charge is 0.443 e. The van der Waals surface area contributed by atoms with Gasteiger partial charge in [0.1, 0.15) is 17.2 Å². The van der Waals surface area contributed by atoms with Crippen molar-refractivity contribution in [1.82, 2.24) is 5.32 Å². The van der Waals surface area contributed by atoms with Crippen LogP contribution in [0.5, 0.6) is 0 Å². The van der Waals surface area contributed by atoms with Crippen molar-refractivity contribution in [3.63, 3.8) is 0 Å². The van der Waals surface area contributed by atoms with Gasteiger partial charge in [-0.15, -0.1) is 0 Å². The van der Waals surface area contributed by atoms with Crippen LogP contribution in [0.2, 0.25) is 0 Å².